The van der Waals surface area contributed by atoms with Gasteiger partial charge in [-0.3, -0.25) is 9.59 Å². The van der Waals surface area contributed by atoms with E-state index in [1.54, 1.807) is 0 Å². The number of rotatable bonds is 9. The van der Waals surface area contributed by atoms with Crippen molar-refractivity contribution >= 4 is 23.2 Å². The Balaban J connectivity index is 1.33. The van der Waals surface area contributed by atoms with Gasteiger partial charge in [-0.05, 0) is 25.8 Å². The number of hydrogen-bond acceptors (Lipinski definition) is 5. The fourth-order valence-corrected chi connectivity index (χ4v) is 3.70. The molecule has 1 N–H and O–H groups in total. The van der Waals surface area contributed by atoms with Crippen LogP contribution in [0.2, 0.25) is 0 Å². The number of amides is 1. The average molecular weight is 423 g/mol. The molecule has 0 saturated heterocycles. The highest BCUT2D eigenvalue weighted by atomic mass is 32.1. The molecule has 0 aliphatic heterocycles. The van der Waals surface area contributed by atoms with Crippen molar-refractivity contribution in [2.75, 3.05) is 13.2 Å². The number of esters is 1. The van der Waals surface area contributed by atoms with E-state index in [0.717, 1.165) is 16.1 Å². The van der Waals surface area contributed by atoms with E-state index in [9.17, 15) is 9.59 Å². The van der Waals surface area contributed by atoms with Crippen molar-refractivity contribution in [3.05, 3.63) is 76.3 Å². The van der Waals surface area contributed by atoms with Gasteiger partial charge in [0.05, 0.1) is 18.7 Å². The van der Waals surface area contributed by atoms with Crippen molar-refractivity contribution in [2.45, 2.75) is 33.1 Å². The first-order valence-electron chi connectivity index (χ1n) is 9.99. The first kappa shape index (κ1) is 21.7. The van der Waals surface area contributed by atoms with E-state index in [1.165, 1.54) is 22.5 Å². The Hall–Kier alpha value is -2.99. The van der Waals surface area contributed by atoms with E-state index >= 15 is 0 Å². The minimum Gasteiger partial charge on any atom is -0.464 e. The summed E-state index contributed by atoms with van der Waals surface area (Å²) in [6.45, 7) is 4.54. The third-order valence-corrected chi connectivity index (χ3v) is 5.56. The second-order valence-corrected chi connectivity index (χ2v) is 8.10. The van der Waals surface area contributed by atoms with Crippen LogP contribution in [0.15, 0.2) is 53.9 Å². The second kappa shape index (κ2) is 10.7. The van der Waals surface area contributed by atoms with Gasteiger partial charge >= 0.3 is 5.97 Å². The number of benzene rings is 2. The highest BCUT2D eigenvalue weighted by Crippen LogP contribution is 2.24. The highest BCUT2D eigenvalue weighted by molar-refractivity contribution is 7.13. The summed E-state index contributed by atoms with van der Waals surface area (Å²) in [4.78, 5) is 28.4. The van der Waals surface area contributed by atoms with Gasteiger partial charge in [-0.2, -0.15) is 0 Å². The third-order valence-electron chi connectivity index (χ3n) is 4.62. The minimum atomic E-state index is -0.343. The SMILES string of the molecule is Cc1ccc(CCC(=O)NCCOC(=O)Cc2csc(-c3ccc(C)cc3)n2)cc1. The van der Waals surface area contributed by atoms with Crippen molar-refractivity contribution in [3.8, 4) is 10.6 Å². The molecule has 1 aromatic heterocycles. The Kier molecular flexibility index (Phi) is 7.74. The van der Waals surface area contributed by atoms with Crippen LogP contribution in [0.4, 0.5) is 0 Å². The van der Waals surface area contributed by atoms with Crippen LogP contribution in [0.3, 0.4) is 0 Å². The van der Waals surface area contributed by atoms with Gasteiger partial charge < -0.3 is 10.1 Å². The maximum absolute atomic E-state index is 12.0. The molecule has 0 unspecified atom stereocenters. The van der Waals surface area contributed by atoms with Crippen molar-refractivity contribution in [2.24, 2.45) is 0 Å². The number of thiazole rings is 1. The van der Waals surface area contributed by atoms with Crippen molar-refractivity contribution in [1.82, 2.24) is 10.3 Å². The lowest BCUT2D eigenvalue weighted by Crippen LogP contribution is -2.28. The topological polar surface area (TPSA) is 68.3 Å². The molecule has 0 aliphatic carbocycles. The van der Waals surface area contributed by atoms with Crippen LogP contribution < -0.4 is 5.32 Å². The van der Waals surface area contributed by atoms with E-state index in [0.29, 0.717) is 25.1 Å². The molecule has 1 amide bonds. The van der Waals surface area contributed by atoms with Crippen molar-refractivity contribution < 1.29 is 14.3 Å². The molecule has 0 spiro atoms. The molecule has 0 bridgehead atoms. The third kappa shape index (κ3) is 6.81. The molecule has 0 aliphatic rings. The average Bonchev–Trinajstić information content (AvgIpc) is 3.19. The first-order chi connectivity index (χ1) is 14.5. The molecule has 3 aromatic rings. The maximum atomic E-state index is 12.0. The lowest BCUT2D eigenvalue weighted by Gasteiger charge is -2.07. The number of nitrogens with one attached hydrogen (secondary N) is 1. The molecule has 0 saturated carbocycles. The zero-order chi connectivity index (χ0) is 21.3. The fourth-order valence-electron chi connectivity index (χ4n) is 2.87. The lowest BCUT2D eigenvalue weighted by atomic mass is 10.1. The van der Waals surface area contributed by atoms with Crippen LogP contribution in [0.5, 0.6) is 0 Å². The van der Waals surface area contributed by atoms with E-state index in [2.05, 4.69) is 10.3 Å². The summed E-state index contributed by atoms with van der Waals surface area (Å²) in [5, 5.41) is 5.55. The molecule has 0 fully saturated rings. The first-order valence-corrected chi connectivity index (χ1v) is 10.9. The number of aryl methyl sites for hydroxylation is 3. The molecule has 1 heterocycles. The molecular weight excluding hydrogens is 396 g/mol. The largest absolute Gasteiger partial charge is 0.464 e. The predicted octanol–water partition coefficient (Wildman–Crippen LogP) is 4.26. The quantitative estimate of drug-likeness (QED) is 0.413. The van der Waals surface area contributed by atoms with E-state index in [1.807, 2.05) is 67.8 Å². The Bertz CT molecular complexity index is 978. The van der Waals surface area contributed by atoms with Gasteiger partial charge in [-0.25, -0.2) is 4.98 Å². The fraction of sp³-hybridized carbons (Fsp3) is 0.292. The molecule has 2 aromatic carbocycles. The van der Waals surface area contributed by atoms with Gasteiger partial charge in [0, 0.05) is 17.4 Å². The summed E-state index contributed by atoms with van der Waals surface area (Å²) in [5.41, 5.74) is 5.27. The number of aromatic nitrogens is 1. The van der Waals surface area contributed by atoms with Crippen molar-refractivity contribution in [3.63, 3.8) is 0 Å². The Morgan fingerprint density at radius 1 is 1.00 bits per heavy atom. The Morgan fingerprint density at radius 2 is 1.67 bits per heavy atom. The maximum Gasteiger partial charge on any atom is 0.311 e. The molecule has 6 heteroatoms. The van der Waals surface area contributed by atoms with Crippen LogP contribution >= 0.6 is 11.3 Å². The van der Waals surface area contributed by atoms with E-state index in [4.69, 9.17) is 4.74 Å². The van der Waals surface area contributed by atoms with Gasteiger partial charge in [0.15, 0.2) is 0 Å². The number of carbonyl (C=O) groups excluding carboxylic acids is 2. The zero-order valence-electron chi connectivity index (χ0n) is 17.3. The van der Waals surface area contributed by atoms with Gasteiger partial charge in [0.1, 0.15) is 11.6 Å². The number of nitrogens with zero attached hydrogens (tertiary/aromatic N) is 1. The summed E-state index contributed by atoms with van der Waals surface area (Å²) in [5.74, 6) is -0.390. The summed E-state index contributed by atoms with van der Waals surface area (Å²) >= 11 is 1.51. The molecule has 30 heavy (non-hydrogen) atoms. The summed E-state index contributed by atoms with van der Waals surface area (Å²) in [7, 11) is 0. The molecule has 156 valence electrons. The monoisotopic (exact) mass is 422 g/mol. The van der Waals surface area contributed by atoms with Crippen LogP contribution in [0.25, 0.3) is 10.6 Å². The van der Waals surface area contributed by atoms with E-state index < -0.39 is 0 Å². The minimum absolute atomic E-state index is 0.0473. The smallest absolute Gasteiger partial charge is 0.311 e. The summed E-state index contributed by atoms with van der Waals surface area (Å²) in [6.07, 6.45) is 1.24. The molecule has 0 atom stereocenters. The second-order valence-electron chi connectivity index (χ2n) is 7.24. The van der Waals surface area contributed by atoms with Gasteiger partial charge in [0.25, 0.3) is 0 Å². The Labute approximate surface area is 181 Å². The normalized spacial score (nSPS) is 10.6. The predicted molar refractivity (Wildman–Crippen MR) is 119 cm³/mol. The Morgan fingerprint density at radius 3 is 2.37 bits per heavy atom. The number of hydrogen-bond donors (Lipinski definition) is 1. The van der Waals surface area contributed by atoms with Crippen LogP contribution in [-0.2, 0) is 27.2 Å². The molecule has 5 nitrogen and oxygen atoms in total. The molecular formula is C24H26N2O3S. The summed E-state index contributed by atoms with van der Waals surface area (Å²) in [6, 6.07) is 16.3. The summed E-state index contributed by atoms with van der Waals surface area (Å²) < 4.78 is 5.21. The number of carbonyl (C=O) groups is 2. The van der Waals surface area contributed by atoms with Crippen LogP contribution in [0, 0.1) is 13.8 Å². The standard InChI is InChI=1S/C24H26N2O3S/c1-17-3-7-19(8-4-17)9-12-22(27)25-13-14-29-23(28)15-21-16-30-24(26-21)20-10-5-18(2)6-11-20/h3-8,10-11,16H,9,12-15H2,1-2H3,(H,25,27). The van der Waals surface area contributed by atoms with Gasteiger partial charge in [-0.1, -0.05) is 59.7 Å². The lowest BCUT2D eigenvalue weighted by molar-refractivity contribution is -0.143. The van der Waals surface area contributed by atoms with Crippen molar-refractivity contribution in [1.29, 1.82) is 0 Å². The van der Waals surface area contributed by atoms with Gasteiger partial charge in [-0.15, -0.1) is 11.3 Å². The number of ether oxygens (including phenoxy) is 1. The van der Waals surface area contributed by atoms with Crippen LogP contribution in [-0.4, -0.2) is 30.0 Å². The van der Waals surface area contributed by atoms with Crippen LogP contribution in [0.1, 0.15) is 28.8 Å². The molecule has 0 radical (unpaired) electrons. The van der Waals surface area contributed by atoms with Gasteiger partial charge in [0.2, 0.25) is 5.91 Å². The zero-order valence-corrected chi connectivity index (χ0v) is 18.1. The molecule has 3 rings (SSSR count). The van der Waals surface area contributed by atoms with E-state index in [-0.39, 0.29) is 24.9 Å². The highest BCUT2D eigenvalue weighted by Gasteiger charge is 2.10.